The van der Waals surface area contributed by atoms with Gasteiger partial charge in [-0.05, 0) is 32.6 Å². The lowest BCUT2D eigenvalue weighted by molar-refractivity contribution is -0.154. The molecule has 2 amide bonds. The van der Waals surface area contributed by atoms with Crippen molar-refractivity contribution in [2.45, 2.75) is 69.0 Å². The van der Waals surface area contributed by atoms with Crippen LogP contribution >= 0.6 is 11.8 Å². The SMILES string of the molecule is CCCC(C)NC(=O)C1N(CCO)C(=O)[C@@H]2[C@H](C(=O)OCC)[C@@H]3CC(C)C12S3. The largest absolute Gasteiger partial charge is 0.466 e. The molecule has 8 heteroatoms. The van der Waals surface area contributed by atoms with Crippen LogP contribution in [0.15, 0.2) is 0 Å². The summed E-state index contributed by atoms with van der Waals surface area (Å²) in [7, 11) is 0. The summed E-state index contributed by atoms with van der Waals surface area (Å²) < 4.78 is 4.65. The van der Waals surface area contributed by atoms with Crippen LogP contribution in [0.1, 0.15) is 47.0 Å². The van der Waals surface area contributed by atoms with E-state index in [9.17, 15) is 19.5 Å². The van der Waals surface area contributed by atoms with Gasteiger partial charge in [0.2, 0.25) is 11.8 Å². The number of likely N-dealkylation sites (tertiary alicyclic amines) is 1. The predicted molar refractivity (Wildman–Crippen MR) is 107 cm³/mol. The number of β-amino-alcohol motifs (C(OH)–C–C–N with tert-alkyl or cyclic N) is 1. The van der Waals surface area contributed by atoms with E-state index in [1.807, 2.05) is 6.92 Å². The Balaban J connectivity index is 1.98. The van der Waals surface area contributed by atoms with Gasteiger partial charge in [-0.1, -0.05) is 20.3 Å². The average molecular weight is 413 g/mol. The molecule has 7 atom stereocenters. The number of hydrogen-bond donors (Lipinski definition) is 2. The third-order valence-corrected chi connectivity index (χ3v) is 8.58. The lowest BCUT2D eigenvalue weighted by atomic mass is 9.66. The molecular weight excluding hydrogens is 380 g/mol. The molecule has 3 rings (SSSR count). The second-order valence-electron chi connectivity index (χ2n) is 8.26. The third kappa shape index (κ3) is 3.12. The van der Waals surface area contributed by atoms with Crippen molar-refractivity contribution >= 4 is 29.5 Å². The normalized spacial score (nSPS) is 37.1. The van der Waals surface area contributed by atoms with Crippen LogP contribution in [0.25, 0.3) is 0 Å². The first-order valence-electron chi connectivity index (χ1n) is 10.4. The number of ether oxygens (including phenoxy) is 1. The van der Waals surface area contributed by atoms with E-state index in [4.69, 9.17) is 4.74 Å². The van der Waals surface area contributed by atoms with E-state index >= 15 is 0 Å². The lowest BCUT2D eigenvalue weighted by Gasteiger charge is -2.38. The van der Waals surface area contributed by atoms with Crippen molar-refractivity contribution in [3.05, 3.63) is 0 Å². The second-order valence-corrected chi connectivity index (χ2v) is 9.81. The Morgan fingerprint density at radius 2 is 2.14 bits per heavy atom. The van der Waals surface area contributed by atoms with Gasteiger partial charge in [0, 0.05) is 17.8 Å². The summed E-state index contributed by atoms with van der Waals surface area (Å²) in [5.74, 6) is -1.65. The summed E-state index contributed by atoms with van der Waals surface area (Å²) in [4.78, 5) is 40.9. The Bertz CT molecular complexity index is 644. The Morgan fingerprint density at radius 3 is 2.75 bits per heavy atom. The number of nitrogens with zero attached hydrogens (tertiary/aromatic N) is 1. The van der Waals surface area contributed by atoms with E-state index in [1.54, 1.807) is 18.7 Å². The Morgan fingerprint density at radius 1 is 1.43 bits per heavy atom. The number of amides is 2. The molecular formula is C20H32N2O5S. The number of hydrogen-bond acceptors (Lipinski definition) is 6. The van der Waals surface area contributed by atoms with Gasteiger partial charge >= 0.3 is 5.97 Å². The predicted octanol–water partition coefficient (Wildman–Crippen LogP) is 1.18. The van der Waals surface area contributed by atoms with Crippen molar-refractivity contribution in [1.82, 2.24) is 10.2 Å². The molecule has 0 saturated carbocycles. The molecule has 0 radical (unpaired) electrons. The highest BCUT2D eigenvalue weighted by molar-refractivity contribution is 8.02. The van der Waals surface area contributed by atoms with Crippen LogP contribution in [0.2, 0.25) is 0 Å². The van der Waals surface area contributed by atoms with E-state index in [-0.39, 0.29) is 54.8 Å². The fourth-order valence-corrected chi connectivity index (χ4v) is 7.91. The fourth-order valence-electron chi connectivity index (χ4n) is 5.50. The van der Waals surface area contributed by atoms with Gasteiger partial charge in [-0.2, -0.15) is 0 Å². The molecule has 1 spiro atoms. The Labute approximate surface area is 170 Å². The van der Waals surface area contributed by atoms with Gasteiger partial charge in [-0.3, -0.25) is 14.4 Å². The van der Waals surface area contributed by atoms with Gasteiger partial charge < -0.3 is 20.1 Å². The van der Waals surface area contributed by atoms with Gasteiger partial charge in [0.1, 0.15) is 6.04 Å². The van der Waals surface area contributed by atoms with Crippen molar-refractivity contribution in [2.24, 2.45) is 17.8 Å². The zero-order valence-corrected chi connectivity index (χ0v) is 18.0. The minimum Gasteiger partial charge on any atom is -0.466 e. The average Bonchev–Trinajstić information content (AvgIpc) is 3.20. The molecule has 0 aromatic rings. The number of nitrogens with one attached hydrogen (secondary N) is 1. The molecule has 3 saturated heterocycles. The summed E-state index contributed by atoms with van der Waals surface area (Å²) in [6.07, 6.45) is 2.61. The number of aliphatic hydroxyl groups is 1. The maximum absolute atomic E-state index is 13.4. The highest BCUT2D eigenvalue weighted by Crippen LogP contribution is 2.68. The highest BCUT2D eigenvalue weighted by atomic mass is 32.2. The molecule has 0 aliphatic carbocycles. The molecule has 28 heavy (non-hydrogen) atoms. The molecule has 0 aromatic carbocycles. The summed E-state index contributed by atoms with van der Waals surface area (Å²) >= 11 is 1.62. The van der Waals surface area contributed by atoms with Crippen molar-refractivity contribution in [2.75, 3.05) is 19.8 Å². The number of carbonyl (C=O) groups excluding carboxylic acids is 3. The monoisotopic (exact) mass is 412 g/mol. The molecule has 2 N–H and O–H groups in total. The number of thioether (sulfide) groups is 1. The smallest absolute Gasteiger partial charge is 0.310 e. The Hall–Kier alpha value is -1.28. The van der Waals surface area contributed by atoms with Gasteiger partial charge in [0.25, 0.3) is 0 Å². The van der Waals surface area contributed by atoms with Crippen LogP contribution in [0.5, 0.6) is 0 Å². The quantitative estimate of drug-likeness (QED) is 0.582. The molecule has 3 fully saturated rings. The van der Waals surface area contributed by atoms with Crippen LogP contribution in [0, 0.1) is 17.8 Å². The first kappa shape index (κ1) is 21.4. The molecule has 3 heterocycles. The van der Waals surface area contributed by atoms with Gasteiger partial charge in [-0.15, -0.1) is 11.8 Å². The number of rotatable bonds is 8. The summed E-state index contributed by atoms with van der Waals surface area (Å²) in [5.41, 5.74) is 0. The standard InChI is InChI=1S/C20H32N2O5S/c1-5-7-12(4)21-17(24)16-20-11(3)10-13(28-20)14(19(26)27-6-2)15(20)18(25)22(16)8-9-23/h11-16,23H,5-10H2,1-4H3,(H,21,24)/t11?,12?,13-,14+,15-,16?,20?/m0/s1. The first-order valence-corrected chi connectivity index (χ1v) is 11.3. The van der Waals surface area contributed by atoms with Crippen molar-refractivity contribution in [3.63, 3.8) is 0 Å². The molecule has 3 aliphatic rings. The molecule has 158 valence electrons. The van der Waals surface area contributed by atoms with E-state index in [2.05, 4.69) is 19.2 Å². The molecule has 7 nitrogen and oxygen atoms in total. The molecule has 2 bridgehead atoms. The maximum atomic E-state index is 13.4. The van der Waals surface area contributed by atoms with Crippen molar-refractivity contribution in [3.8, 4) is 0 Å². The molecule has 0 aromatic heterocycles. The van der Waals surface area contributed by atoms with E-state index in [0.29, 0.717) is 0 Å². The summed E-state index contributed by atoms with van der Waals surface area (Å²) in [6.45, 7) is 8.03. The number of aliphatic hydroxyl groups excluding tert-OH is 1. The van der Waals surface area contributed by atoms with Crippen LogP contribution in [-0.2, 0) is 19.1 Å². The van der Waals surface area contributed by atoms with E-state index < -0.39 is 22.6 Å². The highest BCUT2D eigenvalue weighted by Gasteiger charge is 2.76. The van der Waals surface area contributed by atoms with Crippen molar-refractivity contribution in [1.29, 1.82) is 0 Å². The van der Waals surface area contributed by atoms with Gasteiger partial charge in [0.05, 0.1) is 29.8 Å². The lowest BCUT2D eigenvalue weighted by Crippen LogP contribution is -2.57. The summed E-state index contributed by atoms with van der Waals surface area (Å²) in [6, 6.07) is -0.653. The van der Waals surface area contributed by atoms with Crippen LogP contribution in [-0.4, -0.2) is 69.6 Å². The minimum atomic E-state index is -0.666. The van der Waals surface area contributed by atoms with E-state index in [0.717, 1.165) is 19.3 Å². The molecule has 4 unspecified atom stereocenters. The molecule has 3 aliphatic heterocycles. The second kappa shape index (κ2) is 8.22. The van der Waals surface area contributed by atoms with E-state index in [1.165, 1.54) is 4.90 Å². The maximum Gasteiger partial charge on any atom is 0.310 e. The zero-order chi connectivity index (χ0) is 20.6. The van der Waals surface area contributed by atoms with Gasteiger partial charge in [-0.25, -0.2) is 0 Å². The third-order valence-electron chi connectivity index (χ3n) is 6.50. The fraction of sp³-hybridized carbons (Fsp3) is 0.850. The van der Waals surface area contributed by atoms with Crippen LogP contribution < -0.4 is 5.32 Å². The summed E-state index contributed by atoms with van der Waals surface area (Å²) in [5, 5.41) is 12.6. The zero-order valence-electron chi connectivity index (χ0n) is 17.1. The van der Waals surface area contributed by atoms with Crippen LogP contribution in [0.3, 0.4) is 0 Å². The number of carbonyl (C=O) groups is 3. The first-order chi connectivity index (χ1) is 13.3. The topological polar surface area (TPSA) is 95.9 Å². The van der Waals surface area contributed by atoms with Gasteiger partial charge in [0.15, 0.2) is 0 Å². The van der Waals surface area contributed by atoms with Crippen LogP contribution in [0.4, 0.5) is 0 Å². The minimum absolute atomic E-state index is 0.00245. The number of esters is 1. The van der Waals surface area contributed by atoms with Crippen molar-refractivity contribution < 1.29 is 24.2 Å². The Kier molecular flexibility index (Phi) is 6.29. The number of fused-ring (bicyclic) bond motifs is 1.